The van der Waals surface area contributed by atoms with E-state index in [0.717, 1.165) is 25.0 Å². The van der Waals surface area contributed by atoms with Gasteiger partial charge in [0, 0.05) is 12.1 Å². The van der Waals surface area contributed by atoms with Crippen molar-refractivity contribution in [3.63, 3.8) is 0 Å². The van der Waals surface area contributed by atoms with E-state index in [1.165, 1.54) is 11.8 Å². The first-order valence-corrected chi connectivity index (χ1v) is 6.57. The molecule has 1 saturated heterocycles. The Morgan fingerprint density at radius 1 is 1.44 bits per heavy atom. The minimum atomic E-state index is -0.980. The van der Waals surface area contributed by atoms with Crippen LogP contribution in [0.15, 0.2) is 12.3 Å². The third-order valence-electron chi connectivity index (χ3n) is 2.71. The SMILES string of the molecule is O=C(O)c1ccnc(C2CCCSCC2)n1. The van der Waals surface area contributed by atoms with Crippen LogP contribution in [0.1, 0.15) is 41.5 Å². The van der Waals surface area contributed by atoms with Gasteiger partial charge in [-0.1, -0.05) is 0 Å². The summed E-state index contributed by atoms with van der Waals surface area (Å²) in [4.78, 5) is 19.1. The summed E-state index contributed by atoms with van der Waals surface area (Å²) in [5.41, 5.74) is 0.0990. The monoisotopic (exact) mass is 238 g/mol. The molecular formula is C11H14N2O2S. The number of carbonyl (C=O) groups is 1. The highest BCUT2D eigenvalue weighted by Crippen LogP contribution is 2.28. The number of hydrogen-bond acceptors (Lipinski definition) is 4. The maximum absolute atomic E-state index is 10.8. The van der Waals surface area contributed by atoms with Crippen molar-refractivity contribution in [2.24, 2.45) is 0 Å². The molecule has 2 rings (SSSR count). The Hall–Kier alpha value is -1.10. The van der Waals surface area contributed by atoms with E-state index < -0.39 is 5.97 Å². The van der Waals surface area contributed by atoms with Crippen LogP contribution in [0.25, 0.3) is 0 Å². The highest BCUT2D eigenvalue weighted by molar-refractivity contribution is 7.99. The van der Waals surface area contributed by atoms with Gasteiger partial charge in [0.05, 0.1) is 0 Å². The predicted octanol–water partition coefficient (Wildman–Crippen LogP) is 2.18. The van der Waals surface area contributed by atoms with Crippen molar-refractivity contribution in [3.05, 3.63) is 23.8 Å². The largest absolute Gasteiger partial charge is 0.477 e. The number of nitrogens with zero attached hydrogens (tertiary/aromatic N) is 2. The van der Waals surface area contributed by atoms with E-state index in [2.05, 4.69) is 9.97 Å². The van der Waals surface area contributed by atoms with Crippen LogP contribution in [0.4, 0.5) is 0 Å². The van der Waals surface area contributed by atoms with Crippen LogP contribution < -0.4 is 0 Å². The normalized spacial score (nSPS) is 21.4. The molecule has 1 aliphatic rings. The summed E-state index contributed by atoms with van der Waals surface area (Å²) in [6, 6.07) is 1.44. The van der Waals surface area contributed by atoms with E-state index >= 15 is 0 Å². The Bertz CT molecular complexity index is 376. The minimum absolute atomic E-state index is 0.0990. The van der Waals surface area contributed by atoms with Crippen LogP contribution in [-0.2, 0) is 0 Å². The third-order valence-corrected chi connectivity index (χ3v) is 3.81. The van der Waals surface area contributed by atoms with E-state index in [1.54, 1.807) is 6.20 Å². The summed E-state index contributed by atoms with van der Waals surface area (Å²) < 4.78 is 0. The number of aromatic nitrogens is 2. The Balaban J connectivity index is 2.18. The molecule has 86 valence electrons. The summed E-state index contributed by atoms with van der Waals surface area (Å²) in [6.45, 7) is 0. The van der Waals surface area contributed by atoms with Gasteiger partial charge in [0.2, 0.25) is 0 Å². The Labute approximate surface area is 98.5 Å². The Morgan fingerprint density at radius 3 is 3.12 bits per heavy atom. The number of rotatable bonds is 2. The van der Waals surface area contributed by atoms with Crippen molar-refractivity contribution in [1.29, 1.82) is 0 Å². The van der Waals surface area contributed by atoms with Crippen LogP contribution >= 0.6 is 11.8 Å². The molecule has 1 atom stereocenters. The molecule has 1 aromatic heterocycles. The summed E-state index contributed by atoms with van der Waals surface area (Å²) in [5.74, 6) is 2.35. The lowest BCUT2D eigenvalue weighted by atomic mass is 10.00. The van der Waals surface area contributed by atoms with Gasteiger partial charge in [-0.25, -0.2) is 14.8 Å². The van der Waals surface area contributed by atoms with E-state index in [4.69, 9.17) is 5.11 Å². The lowest BCUT2D eigenvalue weighted by Crippen LogP contribution is -2.09. The number of thioether (sulfide) groups is 1. The van der Waals surface area contributed by atoms with Crippen LogP contribution in [0.5, 0.6) is 0 Å². The van der Waals surface area contributed by atoms with Gasteiger partial charge in [-0.15, -0.1) is 0 Å². The molecule has 0 aromatic carbocycles. The molecule has 1 aliphatic heterocycles. The van der Waals surface area contributed by atoms with E-state index in [0.29, 0.717) is 11.7 Å². The first-order chi connectivity index (χ1) is 7.77. The average molecular weight is 238 g/mol. The molecule has 1 N–H and O–H groups in total. The minimum Gasteiger partial charge on any atom is -0.477 e. The van der Waals surface area contributed by atoms with Crippen LogP contribution in [0.2, 0.25) is 0 Å². The molecule has 0 amide bonds. The zero-order valence-corrected chi connectivity index (χ0v) is 9.74. The van der Waals surface area contributed by atoms with Crippen LogP contribution in [0.3, 0.4) is 0 Å². The second kappa shape index (κ2) is 5.30. The van der Waals surface area contributed by atoms with Gasteiger partial charge in [0.1, 0.15) is 5.82 Å². The molecule has 2 heterocycles. The van der Waals surface area contributed by atoms with Crippen molar-refractivity contribution in [2.75, 3.05) is 11.5 Å². The summed E-state index contributed by atoms with van der Waals surface area (Å²) >= 11 is 1.95. The van der Waals surface area contributed by atoms with Gasteiger partial charge in [0.25, 0.3) is 0 Å². The van der Waals surface area contributed by atoms with Gasteiger partial charge < -0.3 is 5.11 Å². The second-order valence-electron chi connectivity index (χ2n) is 3.85. The molecule has 16 heavy (non-hydrogen) atoms. The summed E-state index contributed by atoms with van der Waals surface area (Å²) in [6.07, 6.45) is 4.82. The lowest BCUT2D eigenvalue weighted by molar-refractivity contribution is 0.0689. The van der Waals surface area contributed by atoms with Gasteiger partial charge in [-0.05, 0) is 36.8 Å². The highest BCUT2D eigenvalue weighted by Gasteiger charge is 2.18. The molecule has 0 aliphatic carbocycles. The van der Waals surface area contributed by atoms with Crippen molar-refractivity contribution in [3.8, 4) is 0 Å². The molecule has 0 radical (unpaired) electrons. The van der Waals surface area contributed by atoms with Crippen molar-refractivity contribution in [2.45, 2.75) is 25.2 Å². The Kier molecular flexibility index (Phi) is 3.77. The molecule has 0 bridgehead atoms. The van der Waals surface area contributed by atoms with Gasteiger partial charge in [-0.2, -0.15) is 11.8 Å². The van der Waals surface area contributed by atoms with E-state index in [-0.39, 0.29) is 5.69 Å². The molecule has 5 heteroatoms. The number of carboxylic acids is 1. The molecule has 0 saturated carbocycles. The van der Waals surface area contributed by atoms with Crippen molar-refractivity contribution in [1.82, 2.24) is 9.97 Å². The fraction of sp³-hybridized carbons (Fsp3) is 0.545. The first kappa shape index (κ1) is 11.4. The van der Waals surface area contributed by atoms with Crippen molar-refractivity contribution < 1.29 is 9.90 Å². The fourth-order valence-corrected chi connectivity index (χ4v) is 2.88. The standard InChI is InChI=1S/C11H14N2O2S/c14-11(15)9-3-5-12-10(13-9)8-2-1-6-16-7-4-8/h3,5,8H,1-2,4,6-7H2,(H,14,15). The number of hydrogen-bond donors (Lipinski definition) is 1. The summed E-state index contributed by atoms with van der Waals surface area (Å²) in [5, 5.41) is 8.87. The number of carboxylic acid groups (broad SMARTS) is 1. The van der Waals surface area contributed by atoms with Gasteiger partial charge in [-0.3, -0.25) is 0 Å². The molecule has 1 aromatic rings. The van der Waals surface area contributed by atoms with Gasteiger partial charge >= 0.3 is 5.97 Å². The Morgan fingerprint density at radius 2 is 2.31 bits per heavy atom. The quantitative estimate of drug-likeness (QED) is 0.855. The van der Waals surface area contributed by atoms with Gasteiger partial charge in [0.15, 0.2) is 5.69 Å². The molecule has 4 nitrogen and oxygen atoms in total. The highest BCUT2D eigenvalue weighted by atomic mass is 32.2. The fourth-order valence-electron chi connectivity index (χ4n) is 1.85. The summed E-state index contributed by atoms with van der Waals surface area (Å²) in [7, 11) is 0. The zero-order valence-electron chi connectivity index (χ0n) is 8.93. The third kappa shape index (κ3) is 2.72. The number of aromatic carboxylic acids is 1. The maximum atomic E-state index is 10.8. The first-order valence-electron chi connectivity index (χ1n) is 5.41. The molecule has 0 spiro atoms. The molecule has 1 fully saturated rings. The molecular weight excluding hydrogens is 224 g/mol. The van der Waals surface area contributed by atoms with E-state index in [9.17, 15) is 4.79 Å². The van der Waals surface area contributed by atoms with Crippen LogP contribution in [-0.4, -0.2) is 32.5 Å². The second-order valence-corrected chi connectivity index (χ2v) is 5.07. The topological polar surface area (TPSA) is 63.1 Å². The maximum Gasteiger partial charge on any atom is 0.354 e. The smallest absolute Gasteiger partial charge is 0.354 e. The van der Waals surface area contributed by atoms with E-state index in [1.807, 2.05) is 11.8 Å². The zero-order chi connectivity index (χ0) is 11.4. The lowest BCUT2D eigenvalue weighted by Gasteiger charge is -2.11. The predicted molar refractivity (Wildman–Crippen MR) is 62.9 cm³/mol. The van der Waals surface area contributed by atoms with Crippen LogP contribution in [0, 0.1) is 0 Å². The van der Waals surface area contributed by atoms with Crippen molar-refractivity contribution >= 4 is 17.7 Å². The molecule has 1 unspecified atom stereocenters. The average Bonchev–Trinajstić information content (AvgIpc) is 2.57.